The summed E-state index contributed by atoms with van der Waals surface area (Å²) in [5, 5.41) is 14.4. The molecule has 0 saturated carbocycles. The van der Waals surface area contributed by atoms with Crippen molar-refractivity contribution in [2.24, 2.45) is 5.10 Å². The second-order valence-corrected chi connectivity index (χ2v) is 9.85. The fraction of sp³-hybridized carbons (Fsp3) is 0.286. The predicted molar refractivity (Wildman–Crippen MR) is 150 cm³/mol. The fourth-order valence-corrected chi connectivity index (χ4v) is 4.63. The molecule has 1 amide bonds. The van der Waals surface area contributed by atoms with E-state index in [0.717, 1.165) is 60.2 Å². The molecule has 1 fully saturated rings. The van der Waals surface area contributed by atoms with Crippen LogP contribution in [-0.2, 0) is 0 Å². The maximum Gasteiger partial charge on any atom is 0.271 e. The van der Waals surface area contributed by atoms with Gasteiger partial charge in [-0.3, -0.25) is 9.69 Å². The molecule has 0 spiro atoms. The molecule has 0 bridgehead atoms. The zero-order valence-corrected chi connectivity index (χ0v) is 22.4. The van der Waals surface area contributed by atoms with Crippen LogP contribution in [-0.4, -0.2) is 61.5 Å². The molecular formula is C28H30Cl2N4O3. The number of piperazine rings is 1. The monoisotopic (exact) mass is 540 g/mol. The van der Waals surface area contributed by atoms with Crippen molar-refractivity contribution >= 4 is 41.0 Å². The minimum Gasteiger partial charge on any atom is -0.506 e. The molecule has 9 heteroatoms. The number of aromatic hydroxyl groups is 1. The largest absolute Gasteiger partial charge is 0.506 e. The number of nitrogens with zero attached hydrogens (tertiary/aromatic N) is 3. The summed E-state index contributed by atoms with van der Waals surface area (Å²) in [7, 11) is 0. The van der Waals surface area contributed by atoms with Crippen molar-refractivity contribution in [2.75, 3.05) is 44.2 Å². The van der Waals surface area contributed by atoms with E-state index < -0.39 is 5.91 Å². The van der Waals surface area contributed by atoms with Gasteiger partial charge in [0, 0.05) is 49.0 Å². The van der Waals surface area contributed by atoms with Gasteiger partial charge < -0.3 is 14.7 Å². The maximum absolute atomic E-state index is 12.2. The minimum absolute atomic E-state index is 0.0771. The lowest BCUT2D eigenvalue weighted by atomic mass is 10.1. The Kier molecular flexibility index (Phi) is 8.92. The lowest BCUT2D eigenvalue weighted by Crippen LogP contribution is -2.47. The Morgan fingerprint density at radius 2 is 1.70 bits per heavy atom. The first-order valence-corrected chi connectivity index (χ1v) is 12.8. The normalized spacial score (nSPS) is 14.2. The average molecular weight is 541 g/mol. The van der Waals surface area contributed by atoms with Gasteiger partial charge in [-0.05, 0) is 85.1 Å². The Bertz CT molecular complexity index is 1250. The van der Waals surface area contributed by atoms with Crippen LogP contribution in [0.4, 0.5) is 5.69 Å². The highest BCUT2D eigenvalue weighted by atomic mass is 35.5. The Labute approximate surface area is 227 Å². The van der Waals surface area contributed by atoms with Crippen LogP contribution in [0.25, 0.3) is 0 Å². The second kappa shape index (κ2) is 12.3. The van der Waals surface area contributed by atoms with E-state index >= 15 is 0 Å². The summed E-state index contributed by atoms with van der Waals surface area (Å²) < 4.78 is 6.15. The van der Waals surface area contributed by atoms with Crippen molar-refractivity contribution in [1.29, 1.82) is 0 Å². The average Bonchev–Trinajstić information content (AvgIpc) is 2.88. The molecule has 0 aliphatic carbocycles. The molecule has 194 valence electrons. The number of amides is 1. The third-order valence-electron chi connectivity index (χ3n) is 6.29. The van der Waals surface area contributed by atoms with Crippen LogP contribution in [0.3, 0.4) is 0 Å². The number of rotatable bonds is 8. The lowest BCUT2D eigenvalue weighted by molar-refractivity contribution is 0.0955. The van der Waals surface area contributed by atoms with E-state index in [4.69, 9.17) is 27.9 Å². The van der Waals surface area contributed by atoms with Gasteiger partial charge in [0.2, 0.25) is 0 Å². The van der Waals surface area contributed by atoms with Crippen molar-refractivity contribution in [1.82, 2.24) is 10.3 Å². The predicted octanol–water partition coefficient (Wildman–Crippen LogP) is 5.28. The Morgan fingerprint density at radius 3 is 2.35 bits per heavy atom. The first-order chi connectivity index (χ1) is 17.8. The van der Waals surface area contributed by atoms with E-state index in [0.29, 0.717) is 12.2 Å². The third kappa shape index (κ3) is 7.16. The molecule has 1 aliphatic rings. The smallest absolute Gasteiger partial charge is 0.271 e. The number of hydrogen-bond donors (Lipinski definition) is 2. The number of carbonyl (C=O) groups is 1. The number of halogens is 2. The van der Waals surface area contributed by atoms with Crippen LogP contribution in [0.5, 0.6) is 11.5 Å². The minimum atomic E-state index is -0.416. The summed E-state index contributed by atoms with van der Waals surface area (Å²) >= 11 is 11.9. The zero-order chi connectivity index (χ0) is 26.4. The molecule has 0 atom stereocenters. The molecule has 37 heavy (non-hydrogen) atoms. The third-order valence-corrected chi connectivity index (χ3v) is 6.84. The molecule has 4 rings (SSSR count). The van der Waals surface area contributed by atoms with Crippen molar-refractivity contribution < 1.29 is 14.6 Å². The molecule has 1 heterocycles. The molecule has 2 N–H and O–H groups in total. The van der Waals surface area contributed by atoms with E-state index in [1.165, 1.54) is 23.9 Å². The van der Waals surface area contributed by atoms with Gasteiger partial charge in [0.25, 0.3) is 5.91 Å². The number of benzene rings is 3. The van der Waals surface area contributed by atoms with E-state index in [9.17, 15) is 9.90 Å². The summed E-state index contributed by atoms with van der Waals surface area (Å²) in [5.74, 6) is 0.381. The Hall–Kier alpha value is -3.26. The van der Waals surface area contributed by atoms with Crippen LogP contribution in [0, 0.1) is 13.8 Å². The highest BCUT2D eigenvalue weighted by Crippen LogP contribution is 2.25. The molecule has 0 unspecified atom stereocenters. The Morgan fingerprint density at radius 1 is 1.03 bits per heavy atom. The number of carbonyl (C=O) groups excluding carboxylic acids is 1. The SMILES string of the molecule is Cc1cc(/C=N/NC(=O)c2ccc(O)c(Cl)c2)cc(C)c1OCCN1CCN(c2ccc(Cl)cc2)CC1. The van der Waals surface area contributed by atoms with E-state index in [1.54, 1.807) is 6.21 Å². The maximum atomic E-state index is 12.2. The first kappa shape index (κ1) is 26.8. The van der Waals surface area contributed by atoms with Crippen LogP contribution < -0.4 is 15.1 Å². The number of phenols is 1. The van der Waals surface area contributed by atoms with Gasteiger partial charge in [-0.2, -0.15) is 5.10 Å². The summed E-state index contributed by atoms with van der Waals surface area (Å²) in [5.41, 5.74) is 6.86. The number of hydrogen-bond acceptors (Lipinski definition) is 6. The van der Waals surface area contributed by atoms with Crippen LogP contribution in [0.15, 0.2) is 59.7 Å². The highest BCUT2D eigenvalue weighted by Gasteiger charge is 2.17. The number of ether oxygens (including phenoxy) is 1. The molecule has 0 aromatic heterocycles. The van der Waals surface area contributed by atoms with Gasteiger partial charge in [-0.15, -0.1) is 0 Å². The van der Waals surface area contributed by atoms with Crippen LogP contribution in [0.1, 0.15) is 27.0 Å². The molecular weight excluding hydrogens is 511 g/mol. The van der Waals surface area contributed by atoms with Crippen LogP contribution in [0.2, 0.25) is 10.0 Å². The Balaban J connectivity index is 1.25. The number of anilines is 1. The lowest BCUT2D eigenvalue weighted by Gasteiger charge is -2.36. The molecule has 0 radical (unpaired) electrons. The fourth-order valence-electron chi connectivity index (χ4n) is 4.32. The quantitative estimate of drug-likeness (QED) is 0.300. The number of phenolic OH excluding ortho intramolecular Hbond substituents is 1. The van der Waals surface area contributed by atoms with Crippen molar-refractivity contribution in [3.05, 3.63) is 86.9 Å². The second-order valence-electron chi connectivity index (χ2n) is 9.00. The summed E-state index contributed by atoms with van der Waals surface area (Å²) in [4.78, 5) is 17.0. The molecule has 3 aromatic carbocycles. The standard InChI is InChI=1S/C28H30Cl2N4O3/c1-19-15-21(18-31-32-28(36)22-3-8-26(35)25(30)17-22)16-20(2)27(19)37-14-13-33-9-11-34(12-10-33)24-6-4-23(29)5-7-24/h3-8,15-18,35H,9-14H2,1-2H3,(H,32,36)/b31-18+. The highest BCUT2D eigenvalue weighted by molar-refractivity contribution is 6.32. The van der Waals surface area contributed by atoms with E-state index in [1.807, 2.05) is 38.1 Å². The zero-order valence-electron chi connectivity index (χ0n) is 20.9. The van der Waals surface area contributed by atoms with Crippen LogP contribution >= 0.6 is 23.2 Å². The van der Waals surface area contributed by atoms with Gasteiger partial charge in [-0.25, -0.2) is 5.43 Å². The van der Waals surface area contributed by atoms with E-state index in [2.05, 4.69) is 32.5 Å². The summed E-state index contributed by atoms with van der Waals surface area (Å²) in [6.07, 6.45) is 1.59. The van der Waals surface area contributed by atoms with Gasteiger partial charge >= 0.3 is 0 Å². The first-order valence-electron chi connectivity index (χ1n) is 12.1. The number of nitrogens with one attached hydrogen (secondary N) is 1. The van der Waals surface area contributed by atoms with Gasteiger partial charge in [0.1, 0.15) is 18.1 Å². The van der Waals surface area contributed by atoms with Crippen molar-refractivity contribution in [3.63, 3.8) is 0 Å². The van der Waals surface area contributed by atoms with Crippen molar-refractivity contribution in [3.8, 4) is 11.5 Å². The number of hydrazone groups is 1. The topological polar surface area (TPSA) is 77.4 Å². The summed E-state index contributed by atoms with van der Waals surface area (Å²) in [6.45, 7) is 9.41. The number of aryl methyl sites for hydroxylation is 2. The van der Waals surface area contributed by atoms with Crippen molar-refractivity contribution in [2.45, 2.75) is 13.8 Å². The van der Waals surface area contributed by atoms with E-state index in [-0.39, 0.29) is 10.8 Å². The molecule has 1 saturated heterocycles. The van der Waals surface area contributed by atoms with Gasteiger partial charge in [-0.1, -0.05) is 23.2 Å². The molecule has 7 nitrogen and oxygen atoms in total. The summed E-state index contributed by atoms with van der Waals surface area (Å²) in [6, 6.07) is 16.2. The molecule has 1 aliphatic heterocycles. The van der Waals surface area contributed by atoms with Gasteiger partial charge in [0.15, 0.2) is 0 Å². The molecule has 3 aromatic rings. The van der Waals surface area contributed by atoms with Gasteiger partial charge in [0.05, 0.1) is 11.2 Å².